The second kappa shape index (κ2) is 1.73. The highest BCUT2D eigenvalue weighted by molar-refractivity contribution is 8.00. The molecule has 0 fully saturated rings. The van der Waals surface area contributed by atoms with E-state index < -0.39 is 0 Å². The molecule has 0 amide bonds. The Morgan fingerprint density at radius 3 is 2.83 bits per heavy atom. The average molecular weight is 123 g/mol. The summed E-state index contributed by atoms with van der Waals surface area (Å²) in [7, 11) is 0. The molecule has 1 heterocycles. The van der Waals surface area contributed by atoms with Crippen molar-refractivity contribution in [3.8, 4) is 0 Å². The second-order valence-corrected chi connectivity index (χ2v) is 2.17. The van der Waals surface area contributed by atoms with Crippen LogP contribution in [0.15, 0.2) is 11.6 Å². The largest absolute Gasteiger partial charge is 0.302 e. The number of rotatable bonds is 0. The first-order valence-electron chi connectivity index (χ1n) is 1.43. The summed E-state index contributed by atoms with van der Waals surface area (Å²) in [4.78, 5) is 0. The quantitative estimate of drug-likeness (QED) is 0.382. The predicted octanol–water partition coefficient (Wildman–Crippen LogP) is 1.08. The molecule has 1 rings (SSSR count). The van der Waals surface area contributed by atoms with Gasteiger partial charge in [-0.25, -0.2) is 0 Å². The molecule has 0 unspecified atom stereocenters. The molecule has 0 aliphatic carbocycles. The first-order valence-corrected chi connectivity index (χ1v) is 2.61. The number of nitrogens with zero attached hydrogens (tertiary/aromatic N) is 1. The smallest absolute Gasteiger partial charge is 0.0227 e. The summed E-state index contributed by atoms with van der Waals surface area (Å²) in [5.74, 6) is 0. The summed E-state index contributed by atoms with van der Waals surface area (Å²) in [5, 5.41) is 1.85. The van der Waals surface area contributed by atoms with E-state index in [1.54, 1.807) is 6.20 Å². The molecule has 0 aromatic heterocycles. The van der Waals surface area contributed by atoms with E-state index in [-0.39, 0.29) is 0 Å². The highest BCUT2D eigenvalue weighted by Crippen LogP contribution is 2.14. The van der Waals surface area contributed by atoms with Crippen LogP contribution in [-0.2, 0) is 0 Å². The summed E-state index contributed by atoms with van der Waals surface area (Å²) in [6.07, 6.45) is 1.76. The molecule has 0 saturated heterocycles. The Morgan fingerprint density at radius 2 is 2.67 bits per heavy atom. The van der Waals surface area contributed by atoms with E-state index in [1.165, 1.54) is 15.9 Å². The molecular weight excluding hydrogens is 120 g/mol. The van der Waals surface area contributed by atoms with Crippen LogP contribution in [0.2, 0.25) is 0 Å². The van der Waals surface area contributed by atoms with Crippen molar-refractivity contribution in [3.05, 3.63) is 11.6 Å². The molecule has 2 nitrogen and oxygen atoms in total. The van der Waals surface area contributed by atoms with Gasteiger partial charge >= 0.3 is 0 Å². The molecule has 1 aliphatic heterocycles. The Morgan fingerprint density at radius 1 is 1.83 bits per heavy atom. The Balaban J connectivity index is 2.32. The minimum atomic E-state index is 1.39. The van der Waals surface area contributed by atoms with Gasteiger partial charge in [-0.1, -0.05) is 3.93 Å². The predicted molar refractivity (Wildman–Crippen MR) is 27.6 cm³/mol. The first kappa shape index (κ1) is 4.30. The minimum absolute atomic E-state index is 1.39. The van der Waals surface area contributed by atoms with Gasteiger partial charge in [0.2, 0.25) is 0 Å². The van der Waals surface area contributed by atoms with Crippen molar-refractivity contribution in [2.75, 3.05) is 0 Å². The molecule has 1 N–H and O–H groups in total. The molecule has 0 radical (unpaired) electrons. The van der Waals surface area contributed by atoms with Gasteiger partial charge in [-0.2, -0.15) is 0 Å². The van der Waals surface area contributed by atoms with Gasteiger partial charge in [0.15, 0.2) is 0 Å². The number of hydrogen-bond donors (Lipinski definition) is 1. The van der Waals surface area contributed by atoms with Crippen molar-refractivity contribution in [1.29, 1.82) is 0 Å². The highest BCUT2D eigenvalue weighted by Gasteiger charge is 1.97. The van der Waals surface area contributed by atoms with Crippen molar-refractivity contribution >= 4 is 23.7 Å². The van der Waals surface area contributed by atoms with Crippen LogP contribution in [0, 0.1) is 0 Å². The van der Waals surface area contributed by atoms with Gasteiger partial charge in [0.1, 0.15) is 0 Å². The molecule has 0 aromatic carbocycles. The molecule has 6 heavy (non-hydrogen) atoms. The van der Waals surface area contributed by atoms with Crippen LogP contribution in [0.3, 0.4) is 0 Å². The summed E-state index contributed by atoms with van der Waals surface area (Å²) < 4.78 is 1.39. The van der Waals surface area contributed by atoms with Crippen molar-refractivity contribution in [2.45, 2.75) is 0 Å². The van der Waals surface area contributed by atoms with Gasteiger partial charge in [0.25, 0.3) is 0 Å². The third kappa shape index (κ3) is 0.801. The fourth-order valence-corrected chi connectivity index (χ4v) is 0.748. The van der Waals surface area contributed by atoms with E-state index in [0.29, 0.717) is 0 Å². The molecular formula is C2H3ClN2S. The van der Waals surface area contributed by atoms with Crippen LogP contribution in [0.4, 0.5) is 0 Å². The third-order valence-electron chi connectivity index (χ3n) is 0.397. The van der Waals surface area contributed by atoms with Gasteiger partial charge < -0.3 is 5.43 Å². The zero-order valence-corrected chi connectivity index (χ0v) is 4.46. The topological polar surface area (TPSA) is 15.3 Å². The molecule has 0 spiro atoms. The molecule has 4 heteroatoms. The van der Waals surface area contributed by atoms with Crippen molar-refractivity contribution in [2.24, 2.45) is 0 Å². The van der Waals surface area contributed by atoms with Crippen molar-refractivity contribution in [3.63, 3.8) is 0 Å². The van der Waals surface area contributed by atoms with E-state index in [9.17, 15) is 0 Å². The van der Waals surface area contributed by atoms with Crippen LogP contribution in [0.25, 0.3) is 0 Å². The van der Waals surface area contributed by atoms with Crippen LogP contribution in [0.1, 0.15) is 0 Å². The fourth-order valence-electron chi connectivity index (χ4n) is 0.203. The lowest BCUT2D eigenvalue weighted by molar-refractivity contribution is 0.650. The minimum Gasteiger partial charge on any atom is -0.302 e. The molecule has 34 valence electrons. The molecule has 0 bridgehead atoms. The van der Waals surface area contributed by atoms with Crippen molar-refractivity contribution in [1.82, 2.24) is 9.36 Å². The maximum Gasteiger partial charge on any atom is 0.0227 e. The Kier molecular flexibility index (Phi) is 1.24. The SMILES string of the molecule is ClN1NC=CS1. The number of hydrazine groups is 1. The van der Waals surface area contributed by atoms with Crippen LogP contribution < -0.4 is 5.43 Å². The third-order valence-corrected chi connectivity index (χ3v) is 1.28. The number of nitrogens with one attached hydrogen (secondary N) is 1. The lowest BCUT2D eigenvalue weighted by Crippen LogP contribution is -2.10. The lowest BCUT2D eigenvalue weighted by atomic mass is 11.1. The van der Waals surface area contributed by atoms with E-state index in [2.05, 4.69) is 5.43 Å². The molecule has 1 aliphatic rings. The number of halogens is 1. The summed E-state index contributed by atoms with van der Waals surface area (Å²) in [6.45, 7) is 0. The van der Waals surface area contributed by atoms with E-state index >= 15 is 0 Å². The van der Waals surface area contributed by atoms with Crippen molar-refractivity contribution < 1.29 is 0 Å². The van der Waals surface area contributed by atoms with Crippen LogP contribution in [0.5, 0.6) is 0 Å². The standard InChI is InChI=1S/C2H3ClN2S/c3-5-4-1-2-6-5/h1-2,4H. The molecule has 0 saturated carbocycles. The maximum atomic E-state index is 5.33. The first-order chi connectivity index (χ1) is 2.89. The summed E-state index contributed by atoms with van der Waals surface area (Å²) in [5.41, 5.74) is 2.70. The Bertz CT molecular complexity index is 65.9. The Labute approximate surface area is 45.4 Å². The monoisotopic (exact) mass is 122 g/mol. The van der Waals surface area contributed by atoms with Crippen LogP contribution >= 0.6 is 23.7 Å². The van der Waals surface area contributed by atoms with Gasteiger partial charge in [-0.3, -0.25) is 0 Å². The van der Waals surface area contributed by atoms with Gasteiger partial charge in [0, 0.05) is 23.4 Å². The lowest BCUT2D eigenvalue weighted by Gasteiger charge is -1.97. The Hall–Kier alpha value is 0.140. The van der Waals surface area contributed by atoms with Gasteiger partial charge in [-0.15, -0.1) is 0 Å². The van der Waals surface area contributed by atoms with Gasteiger partial charge in [-0.05, 0) is 11.9 Å². The highest BCUT2D eigenvalue weighted by atomic mass is 35.5. The fraction of sp³-hybridized carbons (Fsp3) is 0. The second-order valence-electron chi connectivity index (χ2n) is 0.782. The van der Waals surface area contributed by atoms with E-state index in [0.717, 1.165) is 0 Å². The maximum absolute atomic E-state index is 5.33. The molecule has 0 aromatic rings. The zero-order valence-electron chi connectivity index (χ0n) is 2.89. The van der Waals surface area contributed by atoms with Gasteiger partial charge in [0.05, 0.1) is 0 Å². The van der Waals surface area contributed by atoms with E-state index in [4.69, 9.17) is 11.8 Å². The summed E-state index contributed by atoms with van der Waals surface area (Å²) >= 11 is 6.74. The zero-order chi connectivity index (χ0) is 4.41. The average Bonchev–Trinajstić information content (AvgIpc) is 1.86. The van der Waals surface area contributed by atoms with Crippen LogP contribution in [-0.4, -0.2) is 3.93 Å². The van der Waals surface area contributed by atoms with E-state index in [1.807, 2.05) is 5.41 Å². The normalized spacial score (nSPS) is 21.5. The number of hydrogen-bond acceptors (Lipinski definition) is 3. The molecule has 0 atom stereocenters. The summed E-state index contributed by atoms with van der Waals surface area (Å²) in [6, 6.07) is 0.